The number of nitrogens with one attached hydrogen (secondary N) is 4. The van der Waals surface area contributed by atoms with Crippen molar-refractivity contribution in [1.29, 1.82) is 0 Å². The van der Waals surface area contributed by atoms with Gasteiger partial charge in [0, 0.05) is 0 Å². The fourth-order valence-corrected chi connectivity index (χ4v) is 1.96. The number of hydrazine groups is 2. The average Bonchev–Trinajstić information content (AvgIpc) is 2.50. The first-order chi connectivity index (χ1) is 9.75. The van der Waals surface area contributed by atoms with Crippen LogP contribution in [0.5, 0.6) is 0 Å². The third-order valence-electron chi connectivity index (χ3n) is 2.96. The van der Waals surface area contributed by atoms with E-state index in [2.05, 4.69) is 21.7 Å². The summed E-state index contributed by atoms with van der Waals surface area (Å²) in [4.78, 5) is 24.2. The van der Waals surface area contributed by atoms with Gasteiger partial charge in [-0.25, -0.2) is 0 Å². The molecule has 0 fully saturated rings. The number of hydrogen-bond donors (Lipinski definition) is 4. The minimum absolute atomic E-state index is 0.293. The topological polar surface area (TPSA) is 82.3 Å². The van der Waals surface area contributed by atoms with E-state index >= 15 is 0 Å². The fourth-order valence-electron chi connectivity index (χ4n) is 1.96. The van der Waals surface area contributed by atoms with Crippen molar-refractivity contribution >= 4 is 23.2 Å². The number of hydrogen-bond acceptors (Lipinski definition) is 4. The Kier molecular flexibility index (Phi) is 2.96. The third-order valence-corrected chi connectivity index (χ3v) is 2.96. The zero-order chi connectivity index (χ0) is 13.9. The van der Waals surface area contributed by atoms with Crippen molar-refractivity contribution in [2.45, 2.75) is 0 Å². The third kappa shape index (κ3) is 2.14. The Morgan fingerprint density at radius 2 is 0.950 bits per heavy atom. The van der Waals surface area contributed by atoms with E-state index in [1.807, 2.05) is 0 Å². The number of benzene rings is 2. The van der Waals surface area contributed by atoms with Crippen LogP contribution in [0.4, 0.5) is 11.4 Å². The highest BCUT2D eigenvalue weighted by atomic mass is 16.2. The maximum absolute atomic E-state index is 12.1. The summed E-state index contributed by atoms with van der Waals surface area (Å²) in [7, 11) is 0. The number of carbonyl (C=O) groups is 2. The highest BCUT2D eigenvalue weighted by molar-refractivity contribution is 6.04. The molecule has 2 amide bonds. The van der Waals surface area contributed by atoms with E-state index in [-0.39, 0.29) is 11.8 Å². The molecule has 100 valence electrons. The van der Waals surface area contributed by atoms with E-state index in [1.165, 1.54) is 0 Å². The molecule has 2 aromatic rings. The maximum atomic E-state index is 12.1. The monoisotopic (exact) mass is 268 g/mol. The van der Waals surface area contributed by atoms with Crippen LogP contribution in [0.1, 0.15) is 20.7 Å². The number of rotatable bonds is 0. The second kappa shape index (κ2) is 4.93. The minimum atomic E-state index is -0.293. The van der Waals surface area contributed by atoms with Gasteiger partial charge in [0.15, 0.2) is 0 Å². The van der Waals surface area contributed by atoms with Crippen molar-refractivity contribution in [2.24, 2.45) is 0 Å². The van der Waals surface area contributed by atoms with Gasteiger partial charge in [-0.3, -0.25) is 31.3 Å². The molecule has 0 unspecified atom stereocenters. The van der Waals surface area contributed by atoms with E-state index in [9.17, 15) is 9.59 Å². The van der Waals surface area contributed by atoms with Crippen LogP contribution in [0.15, 0.2) is 48.5 Å². The maximum Gasteiger partial charge on any atom is 0.271 e. The Labute approximate surface area is 115 Å². The van der Waals surface area contributed by atoms with Gasteiger partial charge in [-0.2, -0.15) is 0 Å². The summed E-state index contributed by atoms with van der Waals surface area (Å²) < 4.78 is 0. The summed E-state index contributed by atoms with van der Waals surface area (Å²) in [6.45, 7) is 0. The van der Waals surface area contributed by atoms with E-state index in [1.54, 1.807) is 48.5 Å². The zero-order valence-electron chi connectivity index (χ0n) is 10.4. The van der Waals surface area contributed by atoms with Gasteiger partial charge in [0.25, 0.3) is 11.8 Å². The first-order valence-electron chi connectivity index (χ1n) is 6.06. The van der Waals surface area contributed by atoms with Gasteiger partial charge < -0.3 is 0 Å². The van der Waals surface area contributed by atoms with E-state index in [4.69, 9.17) is 0 Å². The molecule has 0 saturated carbocycles. The highest BCUT2D eigenvalue weighted by Crippen LogP contribution is 2.18. The molecule has 0 saturated heterocycles. The van der Waals surface area contributed by atoms with Crippen LogP contribution < -0.4 is 21.7 Å². The zero-order valence-corrected chi connectivity index (χ0v) is 10.4. The van der Waals surface area contributed by atoms with Crippen molar-refractivity contribution in [3.63, 3.8) is 0 Å². The molecular weight excluding hydrogens is 256 g/mol. The number of carbonyl (C=O) groups excluding carboxylic acids is 2. The molecule has 3 rings (SSSR count). The lowest BCUT2D eigenvalue weighted by Crippen LogP contribution is -2.36. The van der Waals surface area contributed by atoms with Gasteiger partial charge >= 0.3 is 0 Å². The summed E-state index contributed by atoms with van der Waals surface area (Å²) in [5, 5.41) is 0. The molecule has 1 heterocycles. The Hall–Kier alpha value is -3.02. The van der Waals surface area contributed by atoms with Crippen LogP contribution in [0, 0.1) is 0 Å². The molecule has 20 heavy (non-hydrogen) atoms. The van der Waals surface area contributed by atoms with Crippen LogP contribution >= 0.6 is 0 Å². The van der Waals surface area contributed by atoms with Crippen molar-refractivity contribution in [3.8, 4) is 0 Å². The molecular formula is C14H12N4O2. The molecule has 6 nitrogen and oxygen atoms in total. The van der Waals surface area contributed by atoms with Crippen molar-refractivity contribution in [1.82, 2.24) is 10.9 Å². The van der Waals surface area contributed by atoms with Gasteiger partial charge in [0.2, 0.25) is 0 Å². The number of anilines is 2. The molecule has 0 spiro atoms. The summed E-state index contributed by atoms with van der Waals surface area (Å²) in [5.41, 5.74) is 12.6. The first-order valence-corrected chi connectivity index (χ1v) is 6.06. The molecule has 0 aromatic heterocycles. The Balaban J connectivity index is 2.00. The van der Waals surface area contributed by atoms with Crippen LogP contribution in [0.2, 0.25) is 0 Å². The molecule has 0 radical (unpaired) electrons. The second-order valence-electron chi connectivity index (χ2n) is 4.25. The fraction of sp³-hybridized carbons (Fsp3) is 0. The molecule has 0 aliphatic carbocycles. The van der Waals surface area contributed by atoms with E-state index < -0.39 is 0 Å². The highest BCUT2D eigenvalue weighted by Gasteiger charge is 2.16. The van der Waals surface area contributed by atoms with Gasteiger partial charge in [-0.1, -0.05) is 24.3 Å². The summed E-state index contributed by atoms with van der Waals surface area (Å²) in [6.07, 6.45) is 0. The average molecular weight is 268 g/mol. The van der Waals surface area contributed by atoms with Crippen molar-refractivity contribution in [2.75, 3.05) is 10.9 Å². The van der Waals surface area contributed by atoms with Gasteiger partial charge in [0.05, 0.1) is 22.5 Å². The van der Waals surface area contributed by atoms with Gasteiger partial charge in [-0.15, -0.1) is 0 Å². The number of para-hydroxylation sites is 2. The smallest absolute Gasteiger partial charge is 0.271 e. The molecule has 0 atom stereocenters. The van der Waals surface area contributed by atoms with E-state index in [0.29, 0.717) is 22.5 Å². The van der Waals surface area contributed by atoms with Gasteiger partial charge in [0.1, 0.15) is 0 Å². The molecule has 6 heteroatoms. The molecule has 1 aliphatic rings. The van der Waals surface area contributed by atoms with Crippen LogP contribution in [0.3, 0.4) is 0 Å². The normalized spacial score (nSPS) is 13.8. The Bertz CT molecular complexity index is 625. The summed E-state index contributed by atoms with van der Waals surface area (Å²) in [5.74, 6) is -0.585. The number of amides is 2. The van der Waals surface area contributed by atoms with E-state index in [0.717, 1.165) is 0 Å². The lowest BCUT2D eigenvalue weighted by atomic mass is 10.1. The minimum Gasteiger partial charge on any atom is -0.298 e. The standard InChI is InChI=1S/C14H12N4O2/c19-13-9-5-1-3-7-11(9)15-18-14(20)10-6-2-4-8-12(10)16-17-13/h1-8,15-16H,(H,17,19)(H,18,20). The predicted molar refractivity (Wildman–Crippen MR) is 75.1 cm³/mol. The quantitative estimate of drug-likeness (QED) is 0.584. The molecule has 4 N–H and O–H groups in total. The molecule has 2 aromatic carbocycles. The largest absolute Gasteiger partial charge is 0.298 e. The van der Waals surface area contributed by atoms with Crippen LogP contribution in [-0.4, -0.2) is 11.8 Å². The van der Waals surface area contributed by atoms with Crippen molar-refractivity contribution in [3.05, 3.63) is 59.7 Å². The summed E-state index contributed by atoms with van der Waals surface area (Å²) in [6, 6.07) is 13.8. The van der Waals surface area contributed by atoms with Gasteiger partial charge in [-0.05, 0) is 24.3 Å². The predicted octanol–water partition coefficient (Wildman–Crippen LogP) is 1.51. The van der Waals surface area contributed by atoms with Crippen LogP contribution in [-0.2, 0) is 0 Å². The molecule has 1 aliphatic heterocycles. The Morgan fingerprint density at radius 1 is 0.550 bits per heavy atom. The van der Waals surface area contributed by atoms with Crippen LogP contribution in [0.25, 0.3) is 0 Å². The van der Waals surface area contributed by atoms with Crippen molar-refractivity contribution < 1.29 is 9.59 Å². The Morgan fingerprint density at radius 3 is 1.40 bits per heavy atom. The number of fused-ring (bicyclic) bond motifs is 2. The lowest BCUT2D eigenvalue weighted by molar-refractivity contribution is 0.0945. The molecule has 0 bridgehead atoms. The summed E-state index contributed by atoms with van der Waals surface area (Å²) >= 11 is 0. The SMILES string of the molecule is O=C1NNc2ccccc2C(=O)NNc2ccccc21. The second-order valence-corrected chi connectivity index (χ2v) is 4.25. The lowest BCUT2D eigenvalue weighted by Gasteiger charge is -2.18. The first kappa shape index (κ1) is 12.0.